The molecule has 0 aromatic heterocycles. The molecule has 3 nitrogen and oxygen atoms in total. The zero-order valence-corrected chi connectivity index (χ0v) is 8.43. The number of esters is 1. The highest BCUT2D eigenvalue weighted by Crippen LogP contribution is 2.28. The number of carbonyl (C=O) groups is 1. The van der Waals surface area contributed by atoms with Gasteiger partial charge in [0.1, 0.15) is 11.9 Å². The molecule has 2 rings (SSSR count). The van der Waals surface area contributed by atoms with Crippen molar-refractivity contribution in [3.05, 3.63) is 47.2 Å². The quantitative estimate of drug-likeness (QED) is 0.748. The summed E-state index contributed by atoms with van der Waals surface area (Å²) in [6.07, 6.45) is 1.04. The first-order chi connectivity index (χ1) is 7.18. The zero-order chi connectivity index (χ0) is 10.8. The molecule has 78 valence electrons. The Hall–Kier alpha value is -1.61. The van der Waals surface area contributed by atoms with Crippen molar-refractivity contribution < 1.29 is 14.6 Å². The maximum absolute atomic E-state index is 10.9. The number of cyclic esters (lactones) is 1. The Balaban J connectivity index is 2.25. The molecule has 0 bridgehead atoms. The minimum atomic E-state index is -0.836. The minimum absolute atomic E-state index is 0.248. The molecule has 1 aromatic carbocycles. The molecule has 0 radical (unpaired) electrons. The van der Waals surface area contributed by atoms with E-state index in [1.165, 1.54) is 0 Å². The van der Waals surface area contributed by atoms with Gasteiger partial charge in [-0.1, -0.05) is 24.3 Å². The van der Waals surface area contributed by atoms with Crippen LogP contribution in [-0.2, 0) is 9.53 Å². The molecule has 0 amide bonds. The molecule has 0 saturated heterocycles. The minimum Gasteiger partial charge on any atom is -0.428 e. The molecule has 1 atom stereocenters. The van der Waals surface area contributed by atoms with E-state index in [0.717, 1.165) is 11.1 Å². The highest BCUT2D eigenvalue weighted by atomic mass is 16.6. The number of aliphatic hydroxyl groups is 1. The normalized spacial score (nSPS) is 17.2. The van der Waals surface area contributed by atoms with Crippen LogP contribution in [0.4, 0.5) is 0 Å². The van der Waals surface area contributed by atoms with Gasteiger partial charge in [-0.3, -0.25) is 4.79 Å². The number of carbonyl (C=O) groups excluding carboxylic acids is 1. The fourth-order valence-electron chi connectivity index (χ4n) is 1.61. The summed E-state index contributed by atoms with van der Waals surface area (Å²) in [5.41, 5.74) is 1.76. The summed E-state index contributed by atoms with van der Waals surface area (Å²) in [4.78, 5) is 10.9. The van der Waals surface area contributed by atoms with E-state index >= 15 is 0 Å². The summed E-state index contributed by atoms with van der Waals surface area (Å²) < 4.78 is 4.90. The Morgan fingerprint density at radius 2 is 2.13 bits per heavy atom. The number of ether oxygens (including phenoxy) is 1. The van der Waals surface area contributed by atoms with Gasteiger partial charge >= 0.3 is 5.97 Å². The first-order valence-corrected chi connectivity index (χ1v) is 4.83. The lowest BCUT2D eigenvalue weighted by Gasteiger charge is -2.13. The van der Waals surface area contributed by atoms with E-state index in [9.17, 15) is 9.90 Å². The van der Waals surface area contributed by atoms with Crippen LogP contribution in [0.5, 0.6) is 0 Å². The Morgan fingerprint density at radius 1 is 1.40 bits per heavy atom. The van der Waals surface area contributed by atoms with Crippen LogP contribution in [0.2, 0.25) is 0 Å². The van der Waals surface area contributed by atoms with Crippen molar-refractivity contribution in [1.29, 1.82) is 0 Å². The molecular weight excluding hydrogens is 192 g/mol. The SMILES string of the molecule is Cc1ccccc1C(O)C1=CCC(=O)O1. The van der Waals surface area contributed by atoms with Gasteiger partial charge in [0.15, 0.2) is 0 Å². The molecule has 0 saturated carbocycles. The number of aryl methyl sites for hydroxylation is 1. The third-order valence-corrected chi connectivity index (χ3v) is 2.45. The van der Waals surface area contributed by atoms with Crippen LogP contribution in [-0.4, -0.2) is 11.1 Å². The third-order valence-electron chi connectivity index (χ3n) is 2.45. The Labute approximate surface area is 88.0 Å². The van der Waals surface area contributed by atoms with Crippen LogP contribution in [0.1, 0.15) is 23.7 Å². The molecule has 0 spiro atoms. The lowest BCUT2D eigenvalue weighted by atomic mass is 10.0. The second kappa shape index (κ2) is 3.87. The highest BCUT2D eigenvalue weighted by molar-refractivity contribution is 5.75. The molecule has 1 unspecified atom stereocenters. The summed E-state index contributed by atoms with van der Waals surface area (Å²) in [7, 11) is 0. The average molecular weight is 204 g/mol. The van der Waals surface area contributed by atoms with Gasteiger partial charge < -0.3 is 9.84 Å². The zero-order valence-electron chi connectivity index (χ0n) is 8.43. The summed E-state index contributed by atoms with van der Waals surface area (Å²) in [5.74, 6) is 0.0342. The monoisotopic (exact) mass is 204 g/mol. The lowest BCUT2D eigenvalue weighted by Crippen LogP contribution is -2.05. The van der Waals surface area contributed by atoms with Crippen molar-refractivity contribution in [2.45, 2.75) is 19.4 Å². The fourth-order valence-corrected chi connectivity index (χ4v) is 1.61. The van der Waals surface area contributed by atoms with Crippen LogP contribution in [0.15, 0.2) is 36.1 Å². The molecule has 0 fully saturated rings. The molecule has 1 N–H and O–H groups in total. The van der Waals surface area contributed by atoms with Crippen molar-refractivity contribution in [3.8, 4) is 0 Å². The predicted octanol–water partition coefficient (Wildman–Crippen LogP) is 1.86. The number of aliphatic hydroxyl groups excluding tert-OH is 1. The van der Waals surface area contributed by atoms with Gasteiger partial charge in [0.05, 0.1) is 6.42 Å². The van der Waals surface area contributed by atoms with E-state index in [4.69, 9.17) is 4.74 Å². The third kappa shape index (κ3) is 1.92. The molecule has 15 heavy (non-hydrogen) atoms. The smallest absolute Gasteiger partial charge is 0.314 e. The Bertz CT molecular complexity index is 421. The van der Waals surface area contributed by atoms with Crippen molar-refractivity contribution in [2.75, 3.05) is 0 Å². The second-order valence-corrected chi connectivity index (χ2v) is 3.54. The van der Waals surface area contributed by atoms with Gasteiger partial charge in [-0.05, 0) is 24.1 Å². The van der Waals surface area contributed by atoms with E-state index < -0.39 is 6.10 Å². The van der Waals surface area contributed by atoms with Crippen LogP contribution >= 0.6 is 0 Å². The van der Waals surface area contributed by atoms with Crippen molar-refractivity contribution in [2.24, 2.45) is 0 Å². The van der Waals surface area contributed by atoms with Gasteiger partial charge in [-0.25, -0.2) is 0 Å². The Kier molecular flexibility index (Phi) is 2.56. The molecule has 1 aliphatic rings. The summed E-state index contributed by atoms with van der Waals surface area (Å²) >= 11 is 0. The summed E-state index contributed by atoms with van der Waals surface area (Å²) in [6, 6.07) is 7.49. The Morgan fingerprint density at radius 3 is 2.73 bits per heavy atom. The van der Waals surface area contributed by atoms with Gasteiger partial charge in [-0.15, -0.1) is 0 Å². The van der Waals surface area contributed by atoms with Crippen LogP contribution in [0, 0.1) is 6.92 Å². The number of hydrogen-bond donors (Lipinski definition) is 1. The summed E-state index contributed by atoms with van der Waals surface area (Å²) in [6.45, 7) is 1.91. The van der Waals surface area contributed by atoms with E-state index in [2.05, 4.69) is 0 Å². The van der Waals surface area contributed by atoms with Crippen LogP contribution < -0.4 is 0 Å². The van der Waals surface area contributed by atoms with Crippen LogP contribution in [0.25, 0.3) is 0 Å². The van der Waals surface area contributed by atoms with E-state index in [1.807, 2.05) is 31.2 Å². The van der Waals surface area contributed by atoms with Gasteiger partial charge in [-0.2, -0.15) is 0 Å². The predicted molar refractivity (Wildman–Crippen MR) is 54.9 cm³/mol. The number of benzene rings is 1. The maximum Gasteiger partial charge on any atom is 0.314 e. The van der Waals surface area contributed by atoms with Gasteiger partial charge in [0.2, 0.25) is 0 Å². The standard InChI is InChI=1S/C12H12O3/c1-8-4-2-3-5-9(8)12(14)10-6-7-11(13)15-10/h2-6,12,14H,7H2,1H3. The highest BCUT2D eigenvalue weighted by Gasteiger charge is 2.23. The van der Waals surface area contributed by atoms with E-state index in [1.54, 1.807) is 6.08 Å². The van der Waals surface area contributed by atoms with Crippen molar-refractivity contribution >= 4 is 5.97 Å². The number of hydrogen-bond acceptors (Lipinski definition) is 3. The average Bonchev–Trinajstić information content (AvgIpc) is 2.65. The van der Waals surface area contributed by atoms with Gasteiger partial charge in [0.25, 0.3) is 0 Å². The number of rotatable bonds is 2. The maximum atomic E-state index is 10.9. The summed E-state index contributed by atoms with van der Waals surface area (Å²) in [5, 5.41) is 9.97. The molecule has 1 aromatic rings. The van der Waals surface area contributed by atoms with Crippen molar-refractivity contribution in [1.82, 2.24) is 0 Å². The van der Waals surface area contributed by atoms with Crippen molar-refractivity contribution in [3.63, 3.8) is 0 Å². The van der Waals surface area contributed by atoms with E-state index in [-0.39, 0.29) is 12.4 Å². The molecule has 0 aliphatic carbocycles. The largest absolute Gasteiger partial charge is 0.428 e. The topological polar surface area (TPSA) is 46.5 Å². The fraction of sp³-hybridized carbons (Fsp3) is 0.250. The lowest BCUT2D eigenvalue weighted by molar-refractivity contribution is -0.137. The van der Waals surface area contributed by atoms with Gasteiger partial charge in [0, 0.05) is 0 Å². The first kappa shape index (κ1) is 9.93. The molecule has 1 aliphatic heterocycles. The molecule has 3 heteroatoms. The first-order valence-electron chi connectivity index (χ1n) is 4.83. The molecular formula is C12H12O3. The second-order valence-electron chi connectivity index (χ2n) is 3.54. The van der Waals surface area contributed by atoms with E-state index in [0.29, 0.717) is 5.76 Å². The molecule has 1 heterocycles. The van der Waals surface area contributed by atoms with Crippen LogP contribution in [0.3, 0.4) is 0 Å².